The largest absolute Gasteiger partial charge is 0.504 e. The van der Waals surface area contributed by atoms with Crippen molar-refractivity contribution in [1.82, 2.24) is 0 Å². The van der Waals surface area contributed by atoms with Crippen LogP contribution in [0.5, 0.6) is 23.0 Å². The molecule has 3 aromatic rings. The Morgan fingerprint density at radius 3 is 2.37 bits per heavy atom. The highest BCUT2D eigenvalue weighted by Crippen LogP contribution is 2.43. The molecule has 0 saturated carbocycles. The lowest BCUT2D eigenvalue weighted by Crippen LogP contribution is -2.00. The average Bonchev–Trinajstić information content (AvgIpc) is 2.38. The molecule has 0 unspecified atom stereocenters. The molecule has 6 heteroatoms. The van der Waals surface area contributed by atoms with Gasteiger partial charge in [0.05, 0.1) is 5.39 Å². The van der Waals surface area contributed by atoms with Crippen LogP contribution in [0.25, 0.3) is 21.7 Å². The molecule has 1 heterocycles. The van der Waals surface area contributed by atoms with Crippen molar-refractivity contribution in [3.63, 3.8) is 0 Å². The molecule has 0 atom stereocenters. The molecule has 19 heavy (non-hydrogen) atoms. The van der Waals surface area contributed by atoms with E-state index in [9.17, 15) is 25.2 Å². The zero-order chi connectivity index (χ0) is 13.7. The second-order valence-corrected chi connectivity index (χ2v) is 4.06. The molecule has 0 aliphatic rings. The van der Waals surface area contributed by atoms with E-state index in [-0.39, 0.29) is 27.5 Å². The molecule has 0 saturated heterocycles. The minimum Gasteiger partial charge on any atom is -0.504 e. The summed E-state index contributed by atoms with van der Waals surface area (Å²) in [7, 11) is 0. The van der Waals surface area contributed by atoms with Gasteiger partial charge in [0, 0.05) is 10.8 Å². The first kappa shape index (κ1) is 11.2. The van der Waals surface area contributed by atoms with Crippen molar-refractivity contribution in [2.45, 2.75) is 0 Å². The van der Waals surface area contributed by atoms with Crippen molar-refractivity contribution in [2.24, 2.45) is 0 Å². The average molecular weight is 260 g/mol. The van der Waals surface area contributed by atoms with E-state index in [1.165, 1.54) is 18.2 Å². The van der Waals surface area contributed by atoms with E-state index in [0.29, 0.717) is 0 Å². The summed E-state index contributed by atoms with van der Waals surface area (Å²) in [4.78, 5) is 11.8. The fourth-order valence-corrected chi connectivity index (χ4v) is 2.05. The van der Waals surface area contributed by atoms with Crippen LogP contribution >= 0.6 is 0 Å². The third-order valence-electron chi connectivity index (χ3n) is 2.93. The van der Waals surface area contributed by atoms with Crippen molar-refractivity contribution >= 4 is 21.7 Å². The molecule has 2 aromatic carbocycles. The van der Waals surface area contributed by atoms with E-state index in [1.807, 2.05) is 0 Å². The summed E-state index contributed by atoms with van der Waals surface area (Å²) in [5, 5.41) is 38.6. The van der Waals surface area contributed by atoms with Gasteiger partial charge in [0.25, 0.3) is 0 Å². The first-order valence-electron chi connectivity index (χ1n) is 5.33. The van der Waals surface area contributed by atoms with Gasteiger partial charge in [0.1, 0.15) is 0 Å². The van der Waals surface area contributed by atoms with Crippen LogP contribution in [-0.4, -0.2) is 20.4 Å². The summed E-state index contributed by atoms with van der Waals surface area (Å²) >= 11 is 0. The second kappa shape index (κ2) is 3.55. The van der Waals surface area contributed by atoms with E-state index >= 15 is 0 Å². The van der Waals surface area contributed by atoms with Crippen LogP contribution < -0.4 is 5.63 Å². The molecule has 3 rings (SSSR count). The van der Waals surface area contributed by atoms with Gasteiger partial charge in [0.15, 0.2) is 22.8 Å². The van der Waals surface area contributed by atoms with E-state index < -0.39 is 22.9 Å². The molecule has 0 amide bonds. The van der Waals surface area contributed by atoms with E-state index in [0.717, 1.165) is 6.07 Å². The van der Waals surface area contributed by atoms with Gasteiger partial charge in [-0.25, -0.2) is 4.79 Å². The lowest BCUT2D eigenvalue weighted by atomic mass is 10.1. The lowest BCUT2D eigenvalue weighted by Gasteiger charge is -2.08. The number of hydrogen-bond acceptors (Lipinski definition) is 6. The molecule has 0 aliphatic heterocycles. The Bertz CT molecular complexity index is 878. The standard InChI is InChI=1S/C13H8O6/c14-7-3-1-2-5-9-6(13(18)19-12(5)7)4-8(15)10(16)11(9)17/h1-4,14-17H. The van der Waals surface area contributed by atoms with Crippen LogP contribution in [0.2, 0.25) is 0 Å². The second-order valence-electron chi connectivity index (χ2n) is 4.06. The molecular formula is C13H8O6. The normalized spacial score (nSPS) is 11.2. The van der Waals surface area contributed by atoms with Crippen LogP contribution in [0.15, 0.2) is 33.5 Å². The highest BCUT2D eigenvalue weighted by molar-refractivity contribution is 6.10. The van der Waals surface area contributed by atoms with Gasteiger partial charge in [-0.1, -0.05) is 12.1 Å². The maximum absolute atomic E-state index is 11.8. The smallest absolute Gasteiger partial charge is 0.344 e. The van der Waals surface area contributed by atoms with Gasteiger partial charge >= 0.3 is 5.63 Å². The summed E-state index contributed by atoms with van der Waals surface area (Å²) in [6.45, 7) is 0. The molecule has 0 spiro atoms. The predicted octanol–water partition coefficient (Wildman–Crippen LogP) is 1.77. The molecule has 0 fully saturated rings. The van der Waals surface area contributed by atoms with Crippen molar-refractivity contribution in [2.75, 3.05) is 0 Å². The lowest BCUT2D eigenvalue weighted by molar-refractivity contribution is 0.371. The minimum atomic E-state index is -0.838. The molecule has 0 radical (unpaired) electrons. The predicted molar refractivity (Wildman–Crippen MR) is 66.6 cm³/mol. The maximum atomic E-state index is 11.8. The molecule has 96 valence electrons. The Hall–Kier alpha value is -2.89. The highest BCUT2D eigenvalue weighted by atomic mass is 16.4. The van der Waals surface area contributed by atoms with Crippen molar-refractivity contribution < 1.29 is 24.8 Å². The Balaban J connectivity index is 2.72. The van der Waals surface area contributed by atoms with Crippen molar-refractivity contribution in [1.29, 1.82) is 0 Å². The topological polar surface area (TPSA) is 111 Å². The minimum absolute atomic E-state index is 0.0115. The molecule has 4 N–H and O–H groups in total. The third kappa shape index (κ3) is 1.40. The number of para-hydroxylation sites is 1. The van der Waals surface area contributed by atoms with Crippen LogP contribution in [-0.2, 0) is 0 Å². The number of aromatic hydroxyl groups is 4. The van der Waals surface area contributed by atoms with Crippen LogP contribution in [0.1, 0.15) is 0 Å². The Morgan fingerprint density at radius 2 is 1.63 bits per heavy atom. The van der Waals surface area contributed by atoms with Gasteiger partial charge in [0.2, 0.25) is 5.75 Å². The van der Waals surface area contributed by atoms with Crippen molar-refractivity contribution in [3.8, 4) is 23.0 Å². The number of rotatable bonds is 0. The zero-order valence-corrected chi connectivity index (χ0v) is 9.41. The fourth-order valence-electron chi connectivity index (χ4n) is 2.05. The van der Waals surface area contributed by atoms with Crippen LogP contribution in [0.4, 0.5) is 0 Å². The quantitative estimate of drug-likeness (QED) is 0.278. The molecule has 0 bridgehead atoms. The van der Waals surface area contributed by atoms with E-state index in [1.54, 1.807) is 0 Å². The number of phenolic OH excluding ortho intramolecular Hbond substituents is 4. The third-order valence-corrected chi connectivity index (χ3v) is 2.93. The summed E-state index contributed by atoms with van der Waals surface area (Å²) in [5.41, 5.74) is -0.935. The number of phenols is 4. The van der Waals surface area contributed by atoms with Crippen LogP contribution in [0, 0.1) is 0 Å². The first-order chi connectivity index (χ1) is 9.00. The monoisotopic (exact) mass is 260 g/mol. The Labute approximate surface area is 105 Å². The molecular weight excluding hydrogens is 252 g/mol. The number of hydrogen-bond donors (Lipinski definition) is 4. The number of benzene rings is 2. The maximum Gasteiger partial charge on any atom is 0.344 e. The van der Waals surface area contributed by atoms with Gasteiger partial charge < -0.3 is 24.8 Å². The van der Waals surface area contributed by atoms with E-state index in [4.69, 9.17) is 4.42 Å². The van der Waals surface area contributed by atoms with E-state index in [2.05, 4.69) is 0 Å². The van der Waals surface area contributed by atoms with Gasteiger partial charge in [-0.05, 0) is 12.1 Å². The molecule has 1 aromatic heterocycles. The molecule has 0 aliphatic carbocycles. The zero-order valence-electron chi connectivity index (χ0n) is 9.41. The summed E-state index contributed by atoms with van der Waals surface area (Å²) < 4.78 is 4.95. The SMILES string of the molecule is O=c1oc2c(O)cccc2c2c(O)c(O)c(O)cc12. The molecule has 6 nitrogen and oxygen atoms in total. The van der Waals surface area contributed by atoms with Gasteiger partial charge in [-0.3, -0.25) is 0 Å². The Kier molecular flexibility index (Phi) is 2.10. The fraction of sp³-hybridized carbons (Fsp3) is 0. The van der Waals surface area contributed by atoms with Gasteiger partial charge in [-0.2, -0.15) is 0 Å². The number of fused-ring (bicyclic) bond motifs is 3. The highest BCUT2D eigenvalue weighted by Gasteiger charge is 2.18. The summed E-state index contributed by atoms with van der Waals surface area (Å²) in [5.74, 6) is -2.26. The Morgan fingerprint density at radius 1 is 0.895 bits per heavy atom. The first-order valence-corrected chi connectivity index (χ1v) is 5.33. The van der Waals surface area contributed by atoms with Crippen molar-refractivity contribution in [3.05, 3.63) is 34.7 Å². The summed E-state index contributed by atoms with van der Waals surface area (Å²) in [6, 6.07) is 5.34. The van der Waals surface area contributed by atoms with Crippen LogP contribution in [0.3, 0.4) is 0 Å². The van der Waals surface area contributed by atoms with Gasteiger partial charge in [-0.15, -0.1) is 0 Å². The summed E-state index contributed by atoms with van der Waals surface area (Å²) in [6.07, 6.45) is 0.